The topological polar surface area (TPSA) is 78.0 Å². The molecule has 144 valence electrons. The molecule has 1 aliphatic rings. The van der Waals surface area contributed by atoms with E-state index < -0.39 is 0 Å². The fourth-order valence-electron chi connectivity index (χ4n) is 4.08. The van der Waals surface area contributed by atoms with Crippen LogP contribution >= 0.6 is 0 Å². The van der Waals surface area contributed by atoms with Gasteiger partial charge in [-0.1, -0.05) is 26.0 Å². The number of aliphatic hydroxyl groups is 1. The molecule has 0 saturated carbocycles. The molecule has 28 heavy (non-hydrogen) atoms. The predicted octanol–water partition coefficient (Wildman–Crippen LogP) is 4.78. The first-order chi connectivity index (χ1) is 13.4. The lowest BCUT2D eigenvalue weighted by Gasteiger charge is -2.28. The number of pyridine rings is 1. The van der Waals surface area contributed by atoms with Crippen LogP contribution in [0.5, 0.6) is 0 Å². The van der Waals surface area contributed by atoms with Crippen LogP contribution < -0.4 is 5.32 Å². The molecule has 1 aliphatic carbocycles. The Bertz CT molecular complexity index is 1040. The van der Waals surface area contributed by atoms with E-state index in [-0.39, 0.29) is 17.8 Å². The van der Waals surface area contributed by atoms with E-state index in [1.807, 2.05) is 37.3 Å². The number of fused-ring (bicyclic) bond motifs is 1. The smallest absolute Gasteiger partial charge is 0.167 e. The van der Waals surface area contributed by atoms with Crippen molar-refractivity contribution in [3.63, 3.8) is 0 Å². The summed E-state index contributed by atoms with van der Waals surface area (Å²) < 4.78 is 0. The van der Waals surface area contributed by atoms with Crippen molar-refractivity contribution in [2.24, 2.45) is 5.41 Å². The van der Waals surface area contributed by atoms with Crippen molar-refractivity contribution >= 4 is 17.2 Å². The second-order valence-corrected chi connectivity index (χ2v) is 8.29. The highest BCUT2D eigenvalue weighted by atomic mass is 16.3. The molecule has 5 heteroatoms. The number of carbonyl (C=O) groups is 1. The van der Waals surface area contributed by atoms with Crippen molar-refractivity contribution in [3.8, 4) is 11.3 Å². The molecule has 0 aliphatic heterocycles. The lowest BCUT2D eigenvalue weighted by Crippen LogP contribution is -2.26. The number of H-pyrrole nitrogens is 1. The third kappa shape index (κ3) is 3.22. The second-order valence-electron chi connectivity index (χ2n) is 8.29. The van der Waals surface area contributed by atoms with E-state index in [4.69, 9.17) is 0 Å². The van der Waals surface area contributed by atoms with Crippen LogP contribution in [-0.2, 0) is 13.0 Å². The summed E-state index contributed by atoms with van der Waals surface area (Å²) in [6.45, 7) is 6.16. The fraction of sp³-hybridized carbons (Fsp3) is 0.304. The van der Waals surface area contributed by atoms with Gasteiger partial charge < -0.3 is 15.4 Å². The number of nitrogens with one attached hydrogen (secondary N) is 2. The number of nitrogens with zero attached hydrogens (tertiary/aromatic N) is 1. The van der Waals surface area contributed by atoms with Gasteiger partial charge in [-0.2, -0.15) is 0 Å². The summed E-state index contributed by atoms with van der Waals surface area (Å²) in [5.74, 6) is 0.142. The van der Waals surface area contributed by atoms with Crippen molar-refractivity contribution in [3.05, 3.63) is 65.1 Å². The van der Waals surface area contributed by atoms with Gasteiger partial charge in [-0.05, 0) is 42.5 Å². The van der Waals surface area contributed by atoms with E-state index in [2.05, 4.69) is 29.1 Å². The molecule has 2 aromatic heterocycles. The van der Waals surface area contributed by atoms with Crippen molar-refractivity contribution in [2.45, 2.75) is 40.2 Å². The number of hydrogen-bond acceptors (Lipinski definition) is 4. The third-order valence-electron chi connectivity index (χ3n) is 5.45. The highest BCUT2D eigenvalue weighted by molar-refractivity contribution is 6.07. The van der Waals surface area contributed by atoms with Gasteiger partial charge in [0.15, 0.2) is 5.78 Å². The Morgan fingerprint density at radius 3 is 2.64 bits per heavy atom. The molecule has 0 spiro atoms. The van der Waals surface area contributed by atoms with Crippen LogP contribution in [0.25, 0.3) is 11.3 Å². The molecule has 1 aromatic carbocycles. The van der Waals surface area contributed by atoms with E-state index in [9.17, 15) is 9.90 Å². The fourth-order valence-corrected chi connectivity index (χ4v) is 4.08. The number of anilines is 2. The molecule has 0 amide bonds. The van der Waals surface area contributed by atoms with Gasteiger partial charge in [-0.25, -0.2) is 0 Å². The minimum atomic E-state index is -0.0681. The molecule has 0 radical (unpaired) electrons. The van der Waals surface area contributed by atoms with E-state index in [1.165, 1.54) is 0 Å². The first kappa shape index (κ1) is 18.4. The van der Waals surface area contributed by atoms with Gasteiger partial charge >= 0.3 is 0 Å². The summed E-state index contributed by atoms with van der Waals surface area (Å²) >= 11 is 0. The standard InChI is InChI=1S/C23H25N3O2/c1-14-5-4-6-17(16(14)13-27)25-22-20-18(11-23(2,3)12-19(20)28)26-21(22)15-7-9-24-10-8-15/h4-10,25-27H,11-13H2,1-3H3. The average Bonchev–Trinajstić information content (AvgIpc) is 3.00. The lowest BCUT2D eigenvalue weighted by molar-refractivity contribution is 0.0912. The van der Waals surface area contributed by atoms with Crippen LogP contribution in [0.2, 0.25) is 0 Å². The van der Waals surface area contributed by atoms with E-state index in [0.717, 1.165) is 51.4 Å². The summed E-state index contributed by atoms with van der Waals surface area (Å²) in [5.41, 5.74) is 6.92. The Balaban J connectivity index is 1.90. The monoisotopic (exact) mass is 375 g/mol. The summed E-state index contributed by atoms with van der Waals surface area (Å²) in [4.78, 5) is 20.7. The molecule has 2 heterocycles. The number of hydrogen-bond donors (Lipinski definition) is 3. The van der Waals surface area contributed by atoms with Gasteiger partial charge in [0.1, 0.15) is 0 Å². The second kappa shape index (κ2) is 6.91. The average molecular weight is 375 g/mol. The number of Topliss-reactive ketones (excluding diaryl/α,β-unsaturated/α-hetero) is 1. The summed E-state index contributed by atoms with van der Waals surface area (Å²) in [5, 5.41) is 13.3. The number of aliphatic hydroxyl groups excluding tert-OH is 1. The maximum atomic E-state index is 13.1. The number of carbonyl (C=O) groups excluding carboxylic acids is 1. The number of benzene rings is 1. The zero-order valence-corrected chi connectivity index (χ0v) is 16.5. The number of aromatic amines is 1. The Kier molecular flexibility index (Phi) is 4.55. The highest BCUT2D eigenvalue weighted by Crippen LogP contribution is 2.43. The Labute approximate surface area is 164 Å². The maximum Gasteiger partial charge on any atom is 0.167 e. The van der Waals surface area contributed by atoms with E-state index in [0.29, 0.717) is 6.42 Å². The van der Waals surface area contributed by atoms with Crippen molar-refractivity contribution in [1.82, 2.24) is 9.97 Å². The van der Waals surface area contributed by atoms with Crippen LogP contribution in [0.4, 0.5) is 11.4 Å². The number of aromatic nitrogens is 2. The van der Waals surface area contributed by atoms with Crippen LogP contribution in [0, 0.1) is 12.3 Å². The molecule has 0 saturated heterocycles. The molecule has 3 N–H and O–H groups in total. The SMILES string of the molecule is Cc1cccc(Nc2c(-c3ccncc3)[nH]c3c2C(=O)CC(C)(C)C3)c1CO. The Morgan fingerprint density at radius 2 is 1.93 bits per heavy atom. The Hall–Kier alpha value is -2.92. The zero-order chi connectivity index (χ0) is 19.9. The van der Waals surface area contributed by atoms with Crippen molar-refractivity contribution in [1.29, 1.82) is 0 Å². The molecule has 0 atom stereocenters. The number of aryl methyl sites for hydroxylation is 1. The van der Waals surface area contributed by atoms with Crippen LogP contribution in [-0.4, -0.2) is 20.9 Å². The lowest BCUT2D eigenvalue weighted by atomic mass is 9.76. The minimum Gasteiger partial charge on any atom is -0.392 e. The molecule has 5 nitrogen and oxygen atoms in total. The molecule has 4 rings (SSSR count). The minimum absolute atomic E-state index is 0.0623. The summed E-state index contributed by atoms with van der Waals surface area (Å²) in [6.07, 6.45) is 4.82. The molecule has 0 bridgehead atoms. The molecular formula is C23H25N3O2. The van der Waals surface area contributed by atoms with Crippen molar-refractivity contribution in [2.75, 3.05) is 5.32 Å². The normalized spacial score (nSPS) is 15.4. The molecule has 0 unspecified atom stereocenters. The van der Waals surface area contributed by atoms with Gasteiger partial charge in [0.2, 0.25) is 0 Å². The predicted molar refractivity (Wildman–Crippen MR) is 111 cm³/mol. The van der Waals surface area contributed by atoms with Crippen LogP contribution in [0.1, 0.15) is 47.4 Å². The quantitative estimate of drug-likeness (QED) is 0.613. The summed E-state index contributed by atoms with van der Waals surface area (Å²) in [6, 6.07) is 9.72. The molecule has 0 fully saturated rings. The van der Waals surface area contributed by atoms with E-state index in [1.54, 1.807) is 12.4 Å². The highest BCUT2D eigenvalue weighted by Gasteiger charge is 2.35. The van der Waals surface area contributed by atoms with Gasteiger partial charge in [-0.15, -0.1) is 0 Å². The first-order valence-electron chi connectivity index (χ1n) is 9.54. The Morgan fingerprint density at radius 1 is 1.18 bits per heavy atom. The van der Waals surface area contributed by atoms with Crippen molar-refractivity contribution < 1.29 is 9.90 Å². The van der Waals surface area contributed by atoms with E-state index >= 15 is 0 Å². The number of rotatable bonds is 4. The largest absolute Gasteiger partial charge is 0.392 e. The van der Waals surface area contributed by atoms with Crippen LogP contribution in [0.15, 0.2) is 42.7 Å². The zero-order valence-electron chi connectivity index (χ0n) is 16.5. The first-order valence-corrected chi connectivity index (χ1v) is 9.54. The molecule has 3 aromatic rings. The van der Waals surface area contributed by atoms with Gasteiger partial charge in [0.05, 0.1) is 23.6 Å². The van der Waals surface area contributed by atoms with Crippen LogP contribution in [0.3, 0.4) is 0 Å². The third-order valence-corrected chi connectivity index (χ3v) is 5.45. The maximum absolute atomic E-state index is 13.1. The van der Waals surface area contributed by atoms with Gasteiger partial charge in [0, 0.05) is 41.3 Å². The summed E-state index contributed by atoms with van der Waals surface area (Å²) in [7, 11) is 0. The van der Waals surface area contributed by atoms with Gasteiger partial charge in [-0.3, -0.25) is 9.78 Å². The van der Waals surface area contributed by atoms with Gasteiger partial charge in [0.25, 0.3) is 0 Å². The molecular weight excluding hydrogens is 350 g/mol. The number of ketones is 1.